The second-order valence-electron chi connectivity index (χ2n) is 6.35. The van der Waals surface area contributed by atoms with Crippen molar-refractivity contribution in [3.8, 4) is 11.5 Å². The number of amides is 1. The van der Waals surface area contributed by atoms with Gasteiger partial charge in [-0.15, -0.1) is 0 Å². The van der Waals surface area contributed by atoms with E-state index in [1.54, 1.807) is 45.2 Å². The fourth-order valence-corrected chi connectivity index (χ4v) is 2.76. The third-order valence-electron chi connectivity index (χ3n) is 4.17. The smallest absolute Gasteiger partial charge is 0.344 e. The van der Waals surface area contributed by atoms with Gasteiger partial charge in [-0.05, 0) is 51.5 Å². The average molecular weight is 433 g/mol. The summed E-state index contributed by atoms with van der Waals surface area (Å²) in [5.74, 6) is -0.500. The molecule has 0 atom stereocenters. The van der Waals surface area contributed by atoms with Gasteiger partial charge in [-0.1, -0.05) is 0 Å². The molecule has 0 saturated carbocycles. The van der Waals surface area contributed by atoms with Crippen LogP contribution < -0.4 is 14.8 Å². The topological polar surface area (TPSA) is 113 Å². The molecule has 0 saturated heterocycles. The second-order valence-corrected chi connectivity index (χ2v) is 6.35. The molecule has 31 heavy (non-hydrogen) atoms. The van der Waals surface area contributed by atoms with Gasteiger partial charge in [-0.3, -0.25) is 10.1 Å². The molecule has 0 aliphatic rings. The normalized spacial score (nSPS) is 10.3. The first kappa shape index (κ1) is 23.8. The van der Waals surface area contributed by atoms with Gasteiger partial charge in [0.25, 0.3) is 0 Å². The summed E-state index contributed by atoms with van der Waals surface area (Å²) in [7, 11) is 1.58. The third kappa shape index (κ3) is 6.50. The van der Waals surface area contributed by atoms with Gasteiger partial charge in [0, 0.05) is 6.42 Å². The summed E-state index contributed by atoms with van der Waals surface area (Å²) >= 11 is 0. The van der Waals surface area contributed by atoms with Crippen LogP contribution in [0.15, 0.2) is 28.7 Å². The highest BCUT2D eigenvalue weighted by molar-refractivity contribution is 6.09. The Kier molecular flexibility index (Phi) is 8.93. The number of methoxy groups -OCH3 is 1. The fourth-order valence-electron chi connectivity index (χ4n) is 2.76. The summed E-state index contributed by atoms with van der Waals surface area (Å²) < 4.78 is 26.1. The van der Waals surface area contributed by atoms with Gasteiger partial charge in [0.05, 0.1) is 26.9 Å². The predicted octanol–water partition coefficient (Wildman–Crippen LogP) is 3.75. The maximum absolute atomic E-state index is 12.4. The molecule has 1 aromatic carbocycles. The van der Waals surface area contributed by atoms with Crippen LogP contribution in [0, 0.1) is 6.92 Å². The van der Waals surface area contributed by atoms with E-state index in [4.69, 9.17) is 23.4 Å². The number of rotatable bonds is 11. The number of hydrogen-bond acceptors (Lipinski definition) is 8. The first-order valence-corrected chi connectivity index (χ1v) is 9.95. The zero-order valence-corrected chi connectivity index (χ0v) is 18.1. The molecule has 0 fully saturated rings. The van der Waals surface area contributed by atoms with Crippen molar-refractivity contribution < 1.29 is 37.7 Å². The Hall–Kier alpha value is -3.49. The van der Waals surface area contributed by atoms with E-state index in [1.807, 2.05) is 0 Å². The number of nitrogens with one attached hydrogen (secondary N) is 1. The number of benzene rings is 1. The molecular weight excluding hydrogens is 406 g/mol. The van der Waals surface area contributed by atoms with E-state index in [9.17, 15) is 14.4 Å². The van der Waals surface area contributed by atoms with Crippen LogP contribution in [0.4, 0.5) is 5.88 Å². The number of aryl methyl sites for hydroxylation is 1. The summed E-state index contributed by atoms with van der Waals surface area (Å²) in [6.45, 7) is 5.33. The highest BCUT2D eigenvalue weighted by atomic mass is 16.5. The first-order chi connectivity index (χ1) is 14.9. The first-order valence-electron chi connectivity index (χ1n) is 9.95. The lowest BCUT2D eigenvalue weighted by Crippen LogP contribution is -2.17. The Morgan fingerprint density at radius 3 is 2.10 bits per heavy atom. The van der Waals surface area contributed by atoms with Crippen molar-refractivity contribution in [3.05, 3.63) is 41.2 Å². The van der Waals surface area contributed by atoms with Crippen LogP contribution in [0.25, 0.3) is 0 Å². The van der Waals surface area contributed by atoms with E-state index in [0.29, 0.717) is 18.8 Å². The van der Waals surface area contributed by atoms with Gasteiger partial charge in [0.2, 0.25) is 11.8 Å². The molecule has 0 bridgehead atoms. The van der Waals surface area contributed by atoms with Crippen LogP contribution in [-0.2, 0) is 14.3 Å². The molecule has 9 heteroatoms. The average Bonchev–Trinajstić information content (AvgIpc) is 3.07. The highest BCUT2D eigenvalue weighted by Crippen LogP contribution is 2.29. The van der Waals surface area contributed by atoms with Gasteiger partial charge in [0.1, 0.15) is 28.4 Å². The van der Waals surface area contributed by atoms with Gasteiger partial charge >= 0.3 is 11.9 Å². The summed E-state index contributed by atoms with van der Waals surface area (Å²) in [6, 6.07) is 7.10. The SMILES string of the molecule is CCOC(=O)c1c(C)oc(NC(=O)CCCOc2ccc(OC)cc2)c1C(=O)OCC. The Morgan fingerprint density at radius 1 is 0.935 bits per heavy atom. The van der Waals surface area contributed by atoms with Crippen LogP contribution in [0.1, 0.15) is 53.2 Å². The van der Waals surface area contributed by atoms with Crippen LogP contribution in [0.2, 0.25) is 0 Å². The predicted molar refractivity (Wildman–Crippen MR) is 112 cm³/mol. The Bertz CT molecular complexity index is 901. The number of anilines is 1. The van der Waals surface area contributed by atoms with E-state index in [0.717, 1.165) is 5.75 Å². The van der Waals surface area contributed by atoms with Crippen molar-refractivity contribution in [1.82, 2.24) is 0 Å². The molecule has 168 valence electrons. The maximum Gasteiger partial charge on any atom is 0.344 e. The number of carbonyl (C=O) groups is 3. The molecule has 2 aromatic rings. The Balaban J connectivity index is 2.00. The molecule has 1 N–H and O–H groups in total. The zero-order valence-electron chi connectivity index (χ0n) is 18.1. The molecule has 2 rings (SSSR count). The second kappa shape index (κ2) is 11.6. The maximum atomic E-state index is 12.4. The quantitative estimate of drug-likeness (QED) is 0.421. The lowest BCUT2D eigenvalue weighted by atomic mass is 10.1. The molecule has 1 aromatic heterocycles. The number of esters is 2. The van der Waals surface area contributed by atoms with Crippen LogP contribution in [0.5, 0.6) is 11.5 Å². The van der Waals surface area contributed by atoms with Crippen LogP contribution in [0.3, 0.4) is 0 Å². The monoisotopic (exact) mass is 433 g/mol. The van der Waals surface area contributed by atoms with Crippen LogP contribution >= 0.6 is 0 Å². The Labute approximate surface area is 180 Å². The van der Waals surface area contributed by atoms with E-state index in [2.05, 4.69) is 5.32 Å². The van der Waals surface area contributed by atoms with E-state index in [-0.39, 0.29) is 42.4 Å². The number of furan rings is 1. The number of hydrogen-bond donors (Lipinski definition) is 1. The summed E-state index contributed by atoms with van der Waals surface area (Å²) in [5.41, 5.74) is -0.209. The van der Waals surface area contributed by atoms with Gasteiger partial charge in [0.15, 0.2) is 0 Å². The summed E-state index contributed by atoms with van der Waals surface area (Å²) in [4.78, 5) is 37.0. The van der Waals surface area contributed by atoms with Crippen molar-refractivity contribution in [2.75, 3.05) is 32.2 Å². The van der Waals surface area contributed by atoms with Crippen molar-refractivity contribution in [2.24, 2.45) is 0 Å². The molecule has 0 spiro atoms. The Morgan fingerprint density at radius 2 is 1.52 bits per heavy atom. The number of ether oxygens (including phenoxy) is 4. The molecule has 0 radical (unpaired) electrons. The minimum absolute atomic E-state index is 0.0570. The third-order valence-corrected chi connectivity index (χ3v) is 4.17. The molecule has 0 aliphatic carbocycles. The lowest BCUT2D eigenvalue weighted by molar-refractivity contribution is -0.116. The van der Waals surface area contributed by atoms with E-state index >= 15 is 0 Å². The summed E-state index contributed by atoms with van der Waals surface area (Å²) in [5, 5.41) is 2.54. The fraction of sp³-hybridized carbons (Fsp3) is 0.409. The van der Waals surface area contributed by atoms with Crippen molar-refractivity contribution in [2.45, 2.75) is 33.6 Å². The molecule has 0 unspecified atom stereocenters. The van der Waals surface area contributed by atoms with Gasteiger partial charge < -0.3 is 23.4 Å². The largest absolute Gasteiger partial charge is 0.497 e. The highest BCUT2D eigenvalue weighted by Gasteiger charge is 2.31. The van der Waals surface area contributed by atoms with Crippen molar-refractivity contribution in [3.63, 3.8) is 0 Å². The molecule has 9 nitrogen and oxygen atoms in total. The van der Waals surface area contributed by atoms with Crippen LogP contribution in [-0.4, -0.2) is 44.8 Å². The minimum atomic E-state index is -0.777. The van der Waals surface area contributed by atoms with Gasteiger partial charge in [-0.25, -0.2) is 9.59 Å². The summed E-state index contributed by atoms with van der Waals surface area (Å²) in [6.07, 6.45) is 0.546. The van der Waals surface area contributed by atoms with E-state index < -0.39 is 17.8 Å². The standard InChI is InChI=1S/C22H27NO8/c1-5-28-21(25)18-14(3)31-20(19(18)22(26)29-6-2)23-17(24)8-7-13-30-16-11-9-15(27-4)10-12-16/h9-12H,5-8,13H2,1-4H3,(H,23,24). The minimum Gasteiger partial charge on any atom is -0.497 e. The molecule has 1 heterocycles. The van der Waals surface area contributed by atoms with Crippen molar-refractivity contribution in [1.29, 1.82) is 0 Å². The lowest BCUT2D eigenvalue weighted by Gasteiger charge is -2.08. The molecule has 1 amide bonds. The van der Waals surface area contributed by atoms with Crippen molar-refractivity contribution >= 4 is 23.7 Å². The molecule has 0 aliphatic heterocycles. The number of carbonyl (C=O) groups excluding carboxylic acids is 3. The zero-order chi connectivity index (χ0) is 22.8. The molecular formula is C22H27NO8. The van der Waals surface area contributed by atoms with Gasteiger partial charge in [-0.2, -0.15) is 0 Å². The van der Waals surface area contributed by atoms with E-state index in [1.165, 1.54) is 6.92 Å².